The summed E-state index contributed by atoms with van der Waals surface area (Å²) in [7, 11) is -2.35. The van der Waals surface area contributed by atoms with Crippen molar-refractivity contribution in [3.63, 3.8) is 0 Å². The summed E-state index contributed by atoms with van der Waals surface area (Å²) in [4.78, 5) is 61.9. The number of allylic oxidation sites excluding steroid dienone is 1. The maximum absolute atomic E-state index is 14.7. The summed E-state index contributed by atoms with van der Waals surface area (Å²) in [5, 5.41) is 6.51. The van der Waals surface area contributed by atoms with Crippen molar-refractivity contribution in [2.24, 2.45) is 17.8 Å². The average Bonchev–Trinajstić information content (AvgIpc) is 4.01. The van der Waals surface area contributed by atoms with Crippen LogP contribution in [0.15, 0.2) is 42.6 Å². The minimum Gasteiger partial charge on any atom is -0.494 e. The van der Waals surface area contributed by atoms with Crippen molar-refractivity contribution >= 4 is 44.6 Å². The van der Waals surface area contributed by atoms with Crippen molar-refractivity contribution < 1.29 is 41.8 Å². The van der Waals surface area contributed by atoms with Crippen LogP contribution in [0.1, 0.15) is 79.6 Å². The molecule has 2 saturated carbocycles. The second kappa shape index (κ2) is 14.8. The molecule has 4 aliphatic rings. The maximum atomic E-state index is 14.7. The van der Waals surface area contributed by atoms with Gasteiger partial charge in [0.2, 0.25) is 27.7 Å². The molecule has 2 aliphatic heterocycles. The number of hydrogen-bond acceptors (Lipinski definition) is 10. The Bertz CT molecular complexity index is 1890. The second-order valence-corrected chi connectivity index (χ2v) is 18.0. The minimum atomic E-state index is -3.90. The van der Waals surface area contributed by atoms with Crippen LogP contribution in [0.5, 0.6) is 11.6 Å². The van der Waals surface area contributed by atoms with E-state index < -0.39 is 74.3 Å². The lowest BCUT2D eigenvalue weighted by molar-refractivity contribution is -0.142. The molecule has 2 aromatic rings. The molecule has 1 aromatic carbocycles. The number of fused-ring (bicyclic) bond motifs is 3. The monoisotopic (exact) mass is 753 g/mol. The number of hydrogen-bond donors (Lipinski definition) is 3. The van der Waals surface area contributed by atoms with Crippen molar-refractivity contribution in [1.29, 1.82) is 0 Å². The minimum absolute atomic E-state index is 0.0215. The number of nitrogens with one attached hydrogen (secondary N) is 3. The Hall–Kier alpha value is -4.40. The van der Waals surface area contributed by atoms with E-state index in [1.807, 2.05) is 43.3 Å². The molecule has 1 saturated heterocycles. The molecule has 3 heterocycles. The van der Waals surface area contributed by atoms with Crippen molar-refractivity contribution in [2.45, 2.75) is 114 Å². The molecule has 14 nitrogen and oxygen atoms in total. The van der Waals surface area contributed by atoms with Gasteiger partial charge in [-0.05, 0) is 77.2 Å². The van der Waals surface area contributed by atoms with Crippen molar-refractivity contribution in [2.75, 3.05) is 13.7 Å². The number of carbonyl (C=O) groups is 4. The zero-order valence-electron chi connectivity index (χ0n) is 31.2. The fourth-order valence-corrected chi connectivity index (χ4v) is 8.85. The largest absolute Gasteiger partial charge is 0.494 e. The van der Waals surface area contributed by atoms with Gasteiger partial charge >= 0.3 is 6.09 Å². The zero-order valence-corrected chi connectivity index (χ0v) is 32.0. The predicted octanol–water partition coefficient (Wildman–Crippen LogP) is 3.98. The molecular formula is C38H51N5O9S. The Morgan fingerprint density at radius 1 is 1.06 bits per heavy atom. The smallest absolute Gasteiger partial charge is 0.408 e. The van der Waals surface area contributed by atoms with Crippen LogP contribution in [0.25, 0.3) is 10.8 Å². The molecule has 0 radical (unpaired) electrons. The summed E-state index contributed by atoms with van der Waals surface area (Å²) < 4.78 is 45.4. The Kier molecular flexibility index (Phi) is 10.7. The van der Waals surface area contributed by atoms with Gasteiger partial charge in [-0.1, -0.05) is 44.2 Å². The third kappa shape index (κ3) is 8.55. The molecule has 3 fully saturated rings. The van der Waals surface area contributed by atoms with Gasteiger partial charge in [0.05, 0.1) is 25.1 Å². The van der Waals surface area contributed by atoms with Gasteiger partial charge in [-0.3, -0.25) is 19.1 Å². The van der Waals surface area contributed by atoms with E-state index in [4.69, 9.17) is 14.2 Å². The quantitative estimate of drug-likeness (QED) is 0.350. The van der Waals surface area contributed by atoms with Crippen LogP contribution in [0, 0.1) is 17.8 Å². The topological polar surface area (TPSA) is 182 Å². The van der Waals surface area contributed by atoms with E-state index in [9.17, 15) is 27.6 Å². The summed E-state index contributed by atoms with van der Waals surface area (Å²) in [5.74, 6) is -1.68. The first-order valence-corrected chi connectivity index (χ1v) is 20.0. The van der Waals surface area contributed by atoms with Crippen LogP contribution < -0.4 is 24.8 Å². The summed E-state index contributed by atoms with van der Waals surface area (Å²) in [6.07, 6.45) is 7.16. The van der Waals surface area contributed by atoms with Crippen LogP contribution in [-0.2, 0) is 29.1 Å². The van der Waals surface area contributed by atoms with Crippen LogP contribution in [-0.4, -0.2) is 90.3 Å². The van der Waals surface area contributed by atoms with Gasteiger partial charge in [-0.25, -0.2) is 18.2 Å². The number of sulfonamides is 1. The van der Waals surface area contributed by atoms with Gasteiger partial charge in [-0.2, -0.15) is 0 Å². The number of alkyl carbamates (subject to hydrolysis) is 1. The lowest BCUT2D eigenvalue weighted by Gasteiger charge is -2.33. The van der Waals surface area contributed by atoms with E-state index in [1.165, 1.54) is 4.90 Å². The van der Waals surface area contributed by atoms with E-state index >= 15 is 0 Å². The number of amides is 4. The van der Waals surface area contributed by atoms with Gasteiger partial charge in [0.1, 0.15) is 35.1 Å². The van der Waals surface area contributed by atoms with Crippen LogP contribution in [0.2, 0.25) is 0 Å². The number of ether oxygens (including phenoxy) is 3. The SMILES string of the molecule is COc1cnc(O[C@@H]2C[C@H]3C(=O)N[C@]4(C(=O)NS(=O)(=O)C5CC5)C[C@H]4/C=C\CC[C@H](C)C[C@@H](C)[C@H](NC(=O)OC(C)(C)C)C(=O)N3C2)c2ccccc12. The molecule has 15 heteroatoms. The fourth-order valence-electron chi connectivity index (χ4n) is 7.49. The number of rotatable bonds is 7. The molecule has 0 unspecified atom stereocenters. The number of pyridine rings is 1. The number of aromatic nitrogens is 1. The Morgan fingerprint density at radius 3 is 2.45 bits per heavy atom. The highest BCUT2D eigenvalue weighted by atomic mass is 32.2. The van der Waals surface area contributed by atoms with Crippen molar-refractivity contribution in [3.05, 3.63) is 42.6 Å². The number of methoxy groups -OCH3 is 1. The molecule has 6 rings (SSSR count). The molecule has 2 aliphatic carbocycles. The van der Waals surface area contributed by atoms with Crippen molar-refractivity contribution in [3.8, 4) is 11.6 Å². The molecule has 1 aromatic heterocycles. The fraction of sp³-hybridized carbons (Fsp3) is 0.605. The van der Waals surface area contributed by atoms with Gasteiger partial charge in [0.25, 0.3) is 5.91 Å². The third-order valence-corrected chi connectivity index (χ3v) is 12.3. The summed E-state index contributed by atoms with van der Waals surface area (Å²) in [6, 6.07) is 5.26. The van der Waals surface area contributed by atoms with Crippen LogP contribution >= 0.6 is 0 Å². The van der Waals surface area contributed by atoms with E-state index in [0.717, 1.165) is 11.8 Å². The van der Waals surface area contributed by atoms with Crippen LogP contribution in [0.4, 0.5) is 4.79 Å². The normalized spacial score (nSPS) is 30.1. The third-order valence-electron chi connectivity index (χ3n) is 10.5. The molecule has 3 N–H and O–H groups in total. The lowest BCUT2D eigenvalue weighted by Crippen LogP contribution is -2.59. The van der Waals surface area contributed by atoms with Gasteiger partial charge in [-0.15, -0.1) is 0 Å². The Labute approximate surface area is 310 Å². The Morgan fingerprint density at radius 2 is 1.77 bits per heavy atom. The first-order chi connectivity index (χ1) is 25.0. The first-order valence-electron chi connectivity index (χ1n) is 18.4. The zero-order chi connectivity index (χ0) is 38.3. The molecule has 4 amide bonds. The number of nitrogens with zero attached hydrogens (tertiary/aromatic N) is 2. The van der Waals surface area contributed by atoms with Crippen LogP contribution in [0.3, 0.4) is 0 Å². The highest BCUT2D eigenvalue weighted by Gasteiger charge is 2.62. The maximum Gasteiger partial charge on any atom is 0.408 e. The molecule has 53 heavy (non-hydrogen) atoms. The average molecular weight is 754 g/mol. The van der Waals surface area contributed by atoms with Gasteiger partial charge in [0, 0.05) is 23.1 Å². The van der Waals surface area contributed by atoms with E-state index in [2.05, 4.69) is 27.3 Å². The lowest BCUT2D eigenvalue weighted by atomic mass is 9.88. The molecule has 288 valence electrons. The number of carbonyl (C=O) groups excluding carboxylic acids is 4. The molecule has 0 spiro atoms. The summed E-state index contributed by atoms with van der Waals surface area (Å²) in [5.41, 5.74) is -2.33. The van der Waals surface area contributed by atoms with E-state index in [0.29, 0.717) is 42.7 Å². The summed E-state index contributed by atoms with van der Waals surface area (Å²) >= 11 is 0. The van der Waals surface area contributed by atoms with Crippen molar-refractivity contribution in [1.82, 2.24) is 25.2 Å². The van der Waals surface area contributed by atoms with Gasteiger partial charge < -0.3 is 29.7 Å². The number of benzene rings is 1. The van der Waals surface area contributed by atoms with E-state index in [-0.39, 0.29) is 31.2 Å². The highest BCUT2D eigenvalue weighted by Crippen LogP contribution is 2.46. The molecule has 7 atom stereocenters. The Balaban J connectivity index is 1.35. The summed E-state index contributed by atoms with van der Waals surface area (Å²) in [6.45, 7) is 9.15. The first kappa shape index (κ1) is 38.3. The highest BCUT2D eigenvalue weighted by molar-refractivity contribution is 7.91. The molecular weight excluding hydrogens is 703 g/mol. The molecule has 0 bridgehead atoms. The van der Waals surface area contributed by atoms with Gasteiger partial charge in [0.15, 0.2) is 0 Å². The standard InChI is InChI=1S/C38H51N5O9S/c1-22-11-7-8-12-24-19-38(24,35(46)42-53(48,49)26-15-16-26)41-32(44)29-18-25(51-33-28-14-10-9-13-27(28)30(50-6)20-39-33)21-43(29)34(45)31(23(2)17-22)40-36(47)52-37(3,4)5/h8-10,12-14,20,22-26,29,31H,7,11,15-19,21H2,1-6H3,(H,40,47)(H,41,44)(H,42,46)/b12-8-/t22-,23+,24+,25+,29-,31-,38+/m0/s1. The van der Waals surface area contributed by atoms with E-state index in [1.54, 1.807) is 34.1 Å². The second-order valence-electron chi connectivity index (χ2n) is 16.1. The predicted molar refractivity (Wildman–Crippen MR) is 196 cm³/mol.